The molecule has 3 heteroatoms. The van der Waals surface area contributed by atoms with Crippen LogP contribution in [0.5, 0.6) is 0 Å². The van der Waals surface area contributed by atoms with Crippen molar-refractivity contribution in [3.8, 4) is 0 Å². The van der Waals surface area contributed by atoms with Crippen LogP contribution in [-0.4, -0.2) is 42.3 Å². The van der Waals surface area contributed by atoms with E-state index < -0.39 is 0 Å². The zero-order valence-corrected chi connectivity index (χ0v) is 12.3. The van der Waals surface area contributed by atoms with Crippen LogP contribution in [0.15, 0.2) is 0 Å². The maximum atomic E-state index is 6.14. The lowest BCUT2D eigenvalue weighted by molar-refractivity contribution is -0.101. The molecule has 0 amide bonds. The second-order valence-corrected chi connectivity index (χ2v) is 6.56. The minimum atomic E-state index is 0.170. The summed E-state index contributed by atoms with van der Waals surface area (Å²) < 4.78 is 5.81. The lowest BCUT2D eigenvalue weighted by Gasteiger charge is -2.51. The number of nitrogens with two attached hydrogens (primary N) is 1. The van der Waals surface area contributed by atoms with Crippen LogP contribution in [0.1, 0.15) is 52.9 Å². The van der Waals surface area contributed by atoms with Gasteiger partial charge in [0.2, 0.25) is 0 Å². The lowest BCUT2D eigenvalue weighted by Crippen LogP contribution is -2.62. The van der Waals surface area contributed by atoms with Gasteiger partial charge in [-0.1, -0.05) is 26.2 Å². The maximum Gasteiger partial charge on any atom is 0.0675 e. The highest BCUT2D eigenvalue weighted by atomic mass is 16.5. The first kappa shape index (κ1) is 14.3. The van der Waals surface area contributed by atoms with Crippen molar-refractivity contribution in [2.75, 3.05) is 19.7 Å². The maximum absolute atomic E-state index is 6.14. The summed E-state index contributed by atoms with van der Waals surface area (Å²) in [6.45, 7) is 9.49. The highest BCUT2D eigenvalue weighted by Crippen LogP contribution is 2.37. The van der Waals surface area contributed by atoms with Gasteiger partial charge in [-0.25, -0.2) is 0 Å². The number of hydrogen-bond donors (Lipinski definition) is 1. The summed E-state index contributed by atoms with van der Waals surface area (Å²) in [7, 11) is 0. The Morgan fingerprint density at radius 1 is 1.39 bits per heavy atom. The van der Waals surface area contributed by atoms with Gasteiger partial charge in [-0.15, -0.1) is 0 Å². The number of rotatable bonds is 5. The Labute approximate surface area is 112 Å². The SMILES string of the molecule is CCC1COC(C)CN1C(C)(CN)CC1CCC1. The highest BCUT2D eigenvalue weighted by molar-refractivity contribution is 4.96. The third-order valence-corrected chi connectivity index (χ3v) is 5.03. The summed E-state index contributed by atoms with van der Waals surface area (Å²) in [5, 5.41) is 0. The van der Waals surface area contributed by atoms with Crippen LogP contribution in [0.4, 0.5) is 0 Å². The molecule has 2 fully saturated rings. The van der Waals surface area contributed by atoms with Crippen LogP contribution in [0, 0.1) is 5.92 Å². The van der Waals surface area contributed by atoms with Gasteiger partial charge in [0.25, 0.3) is 0 Å². The molecule has 2 rings (SSSR count). The lowest BCUT2D eigenvalue weighted by atomic mass is 9.75. The zero-order valence-electron chi connectivity index (χ0n) is 12.3. The summed E-state index contributed by atoms with van der Waals surface area (Å²) in [5.41, 5.74) is 6.32. The van der Waals surface area contributed by atoms with Crippen LogP contribution < -0.4 is 5.73 Å². The molecule has 0 aromatic rings. The van der Waals surface area contributed by atoms with Gasteiger partial charge in [-0.05, 0) is 32.6 Å². The predicted molar refractivity (Wildman–Crippen MR) is 75.6 cm³/mol. The van der Waals surface area contributed by atoms with Gasteiger partial charge in [0.05, 0.1) is 12.7 Å². The first-order valence-electron chi connectivity index (χ1n) is 7.67. The highest BCUT2D eigenvalue weighted by Gasteiger charge is 2.40. The molecule has 3 unspecified atom stereocenters. The molecule has 1 aliphatic heterocycles. The van der Waals surface area contributed by atoms with E-state index in [-0.39, 0.29) is 5.54 Å². The molecule has 1 heterocycles. The molecule has 106 valence electrons. The summed E-state index contributed by atoms with van der Waals surface area (Å²) in [6.07, 6.45) is 7.01. The van der Waals surface area contributed by atoms with E-state index in [9.17, 15) is 0 Å². The summed E-state index contributed by atoms with van der Waals surface area (Å²) >= 11 is 0. The third kappa shape index (κ3) is 2.89. The van der Waals surface area contributed by atoms with Gasteiger partial charge in [0.15, 0.2) is 0 Å². The number of ether oxygens (including phenoxy) is 1. The Kier molecular flexibility index (Phi) is 4.68. The van der Waals surface area contributed by atoms with Crippen molar-refractivity contribution in [2.24, 2.45) is 11.7 Å². The molecule has 2 N–H and O–H groups in total. The van der Waals surface area contributed by atoms with Crippen LogP contribution in [-0.2, 0) is 4.74 Å². The summed E-state index contributed by atoms with van der Waals surface area (Å²) in [4.78, 5) is 2.65. The molecule has 0 radical (unpaired) electrons. The third-order valence-electron chi connectivity index (χ3n) is 5.03. The van der Waals surface area contributed by atoms with E-state index in [0.717, 1.165) is 32.0 Å². The quantitative estimate of drug-likeness (QED) is 0.819. The molecular formula is C15H30N2O. The van der Waals surface area contributed by atoms with Crippen LogP contribution >= 0.6 is 0 Å². The largest absolute Gasteiger partial charge is 0.376 e. The molecule has 1 aliphatic carbocycles. The fraction of sp³-hybridized carbons (Fsp3) is 1.00. The van der Waals surface area contributed by atoms with Crippen LogP contribution in [0.2, 0.25) is 0 Å². The fourth-order valence-corrected chi connectivity index (χ4v) is 3.48. The predicted octanol–water partition coefficient (Wildman–Crippen LogP) is 2.39. The molecule has 1 saturated heterocycles. The van der Waals surface area contributed by atoms with Crippen molar-refractivity contribution >= 4 is 0 Å². The van der Waals surface area contributed by atoms with Gasteiger partial charge in [0.1, 0.15) is 0 Å². The Morgan fingerprint density at radius 2 is 2.11 bits per heavy atom. The number of hydrogen-bond acceptors (Lipinski definition) is 3. The molecule has 2 aliphatic rings. The Balaban J connectivity index is 2.06. The smallest absolute Gasteiger partial charge is 0.0675 e. The molecule has 1 saturated carbocycles. The fourth-order valence-electron chi connectivity index (χ4n) is 3.48. The molecule has 0 bridgehead atoms. The van der Waals surface area contributed by atoms with Crippen LogP contribution in [0.25, 0.3) is 0 Å². The minimum Gasteiger partial charge on any atom is -0.376 e. The summed E-state index contributed by atoms with van der Waals surface area (Å²) in [5.74, 6) is 0.911. The number of morpholine rings is 1. The molecular weight excluding hydrogens is 224 g/mol. The van der Waals surface area contributed by atoms with Gasteiger partial charge >= 0.3 is 0 Å². The van der Waals surface area contributed by atoms with Crippen molar-refractivity contribution in [3.63, 3.8) is 0 Å². The van der Waals surface area contributed by atoms with E-state index in [0.29, 0.717) is 12.1 Å². The van der Waals surface area contributed by atoms with Gasteiger partial charge < -0.3 is 10.5 Å². The molecule has 0 aromatic heterocycles. The second kappa shape index (κ2) is 5.89. The molecule has 3 nitrogen and oxygen atoms in total. The van der Waals surface area contributed by atoms with E-state index in [2.05, 4.69) is 25.7 Å². The Hall–Kier alpha value is -0.120. The van der Waals surface area contributed by atoms with Crippen LogP contribution in [0.3, 0.4) is 0 Å². The van der Waals surface area contributed by atoms with E-state index >= 15 is 0 Å². The number of nitrogens with zero attached hydrogens (tertiary/aromatic N) is 1. The van der Waals surface area contributed by atoms with Gasteiger partial charge in [0, 0.05) is 24.7 Å². The monoisotopic (exact) mass is 254 g/mol. The second-order valence-electron chi connectivity index (χ2n) is 6.56. The molecule has 18 heavy (non-hydrogen) atoms. The average molecular weight is 254 g/mol. The van der Waals surface area contributed by atoms with Gasteiger partial charge in [-0.2, -0.15) is 0 Å². The zero-order chi connectivity index (χ0) is 13.2. The average Bonchev–Trinajstić information content (AvgIpc) is 2.33. The van der Waals surface area contributed by atoms with Crippen molar-refractivity contribution in [2.45, 2.75) is 70.6 Å². The Morgan fingerprint density at radius 3 is 2.61 bits per heavy atom. The van der Waals surface area contributed by atoms with Gasteiger partial charge in [-0.3, -0.25) is 4.90 Å². The standard InChI is InChI=1S/C15H30N2O/c1-4-14-10-18-12(2)9-17(14)15(3,11-16)8-13-6-5-7-13/h12-14H,4-11,16H2,1-3H3. The summed E-state index contributed by atoms with van der Waals surface area (Å²) in [6, 6.07) is 0.551. The van der Waals surface area contributed by atoms with E-state index in [4.69, 9.17) is 10.5 Å². The normalized spacial score (nSPS) is 34.0. The molecule has 3 atom stereocenters. The van der Waals surface area contributed by atoms with Crippen molar-refractivity contribution < 1.29 is 4.74 Å². The van der Waals surface area contributed by atoms with Crippen molar-refractivity contribution in [1.29, 1.82) is 0 Å². The topological polar surface area (TPSA) is 38.5 Å². The molecule has 0 spiro atoms. The van der Waals surface area contributed by atoms with Crippen molar-refractivity contribution in [1.82, 2.24) is 4.90 Å². The van der Waals surface area contributed by atoms with E-state index in [1.807, 2.05) is 0 Å². The van der Waals surface area contributed by atoms with E-state index in [1.165, 1.54) is 25.7 Å². The first-order valence-corrected chi connectivity index (χ1v) is 7.67. The Bertz CT molecular complexity index is 267. The van der Waals surface area contributed by atoms with Crippen molar-refractivity contribution in [3.05, 3.63) is 0 Å². The molecule has 0 aromatic carbocycles. The van der Waals surface area contributed by atoms with E-state index in [1.54, 1.807) is 0 Å². The first-order chi connectivity index (χ1) is 8.59. The minimum absolute atomic E-state index is 0.170.